The smallest absolute Gasteiger partial charge is 0.0816 e. The summed E-state index contributed by atoms with van der Waals surface area (Å²) in [6.07, 6.45) is 1.37. The Bertz CT molecular complexity index is 371. The van der Waals surface area contributed by atoms with Crippen molar-refractivity contribution < 1.29 is 5.11 Å². The summed E-state index contributed by atoms with van der Waals surface area (Å²) in [6, 6.07) is 7.50. The number of halogens is 1. The van der Waals surface area contributed by atoms with Crippen molar-refractivity contribution >= 4 is 11.6 Å². The molecule has 1 atom stereocenters. The third-order valence-electron chi connectivity index (χ3n) is 3.19. The van der Waals surface area contributed by atoms with E-state index in [4.69, 9.17) is 11.6 Å². The van der Waals surface area contributed by atoms with E-state index in [-0.39, 0.29) is 0 Å². The molecule has 0 saturated heterocycles. The molecule has 3 nitrogen and oxygen atoms in total. The Kier molecular flexibility index (Phi) is 7.39. The summed E-state index contributed by atoms with van der Waals surface area (Å²) in [4.78, 5) is 4.44. The van der Waals surface area contributed by atoms with Crippen LogP contribution in [0.3, 0.4) is 0 Å². The molecule has 19 heavy (non-hydrogen) atoms. The lowest BCUT2D eigenvalue weighted by Crippen LogP contribution is -2.25. The van der Waals surface area contributed by atoms with Crippen LogP contribution in [0.4, 0.5) is 0 Å². The van der Waals surface area contributed by atoms with E-state index in [2.05, 4.69) is 30.9 Å². The summed E-state index contributed by atoms with van der Waals surface area (Å²) in [6.45, 7) is 3.02. The molecule has 0 aliphatic carbocycles. The maximum Gasteiger partial charge on any atom is 0.0816 e. The van der Waals surface area contributed by atoms with Gasteiger partial charge in [0.1, 0.15) is 0 Å². The van der Waals surface area contributed by atoms with Crippen molar-refractivity contribution in [2.75, 3.05) is 40.8 Å². The zero-order chi connectivity index (χ0) is 14.3. The van der Waals surface area contributed by atoms with Crippen molar-refractivity contribution in [1.82, 2.24) is 9.80 Å². The summed E-state index contributed by atoms with van der Waals surface area (Å²) in [5.74, 6) is 0. The average Bonchev–Trinajstić information content (AvgIpc) is 2.36. The molecule has 0 aliphatic rings. The topological polar surface area (TPSA) is 26.7 Å². The molecule has 0 radical (unpaired) electrons. The minimum Gasteiger partial charge on any atom is -0.388 e. The van der Waals surface area contributed by atoms with E-state index in [1.165, 1.54) is 0 Å². The van der Waals surface area contributed by atoms with Gasteiger partial charge in [-0.1, -0.05) is 29.8 Å². The first-order chi connectivity index (χ1) is 9.00. The Morgan fingerprint density at radius 2 is 1.79 bits per heavy atom. The molecule has 0 aliphatic heterocycles. The van der Waals surface area contributed by atoms with Crippen molar-refractivity contribution in [1.29, 1.82) is 0 Å². The van der Waals surface area contributed by atoms with Crippen LogP contribution in [0.15, 0.2) is 24.3 Å². The Morgan fingerprint density at radius 1 is 1.11 bits per heavy atom. The van der Waals surface area contributed by atoms with Crippen LogP contribution in [0.1, 0.15) is 24.5 Å². The fourth-order valence-electron chi connectivity index (χ4n) is 2.01. The lowest BCUT2D eigenvalue weighted by Gasteiger charge is -2.20. The molecule has 0 fully saturated rings. The number of aliphatic hydroxyl groups excluding tert-OH is 1. The number of rotatable bonds is 8. The number of hydrogen-bond acceptors (Lipinski definition) is 3. The lowest BCUT2D eigenvalue weighted by atomic mass is 10.1. The summed E-state index contributed by atoms with van der Waals surface area (Å²) in [5, 5.41) is 10.8. The van der Waals surface area contributed by atoms with Crippen LogP contribution in [0.5, 0.6) is 0 Å². The molecule has 108 valence electrons. The average molecular weight is 285 g/mol. The molecule has 0 spiro atoms. The van der Waals surface area contributed by atoms with Gasteiger partial charge in [0, 0.05) is 11.6 Å². The van der Waals surface area contributed by atoms with Crippen molar-refractivity contribution in [2.24, 2.45) is 0 Å². The minimum absolute atomic E-state index is 0.481. The number of nitrogens with zero attached hydrogens (tertiary/aromatic N) is 2. The predicted molar refractivity (Wildman–Crippen MR) is 81.7 cm³/mol. The van der Waals surface area contributed by atoms with Gasteiger partial charge in [-0.2, -0.15) is 0 Å². The molecule has 0 bridgehead atoms. The van der Waals surface area contributed by atoms with E-state index in [1.54, 1.807) is 0 Å². The Balaban J connectivity index is 2.30. The molecule has 1 aromatic rings. The van der Waals surface area contributed by atoms with Gasteiger partial charge < -0.3 is 14.9 Å². The molecule has 0 saturated carbocycles. The maximum atomic E-state index is 10.1. The molecule has 0 amide bonds. The predicted octanol–water partition coefficient (Wildman–Crippen LogP) is 2.65. The highest BCUT2D eigenvalue weighted by molar-refractivity contribution is 6.31. The number of aliphatic hydroxyl groups is 1. The Hall–Kier alpha value is -0.610. The quantitative estimate of drug-likeness (QED) is 0.795. The van der Waals surface area contributed by atoms with Crippen LogP contribution in [0.25, 0.3) is 0 Å². The van der Waals surface area contributed by atoms with Gasteiger partial charge in [-0.05, 0) is 58.7 Å². The highest BCUT2D eigenvalue weighted by Gasteiger charge is 2.11. The van der Waals surface area contributed by atoms with E-state index >= 15 is 0 Å². The first kappa shape index (κ1) is 16.4. The monoisotopic (exact) mass is 284 g/mol. The van der Waals surface area contributed by atoms with Crippen LogP contribution < -0.4 is 0 Å². The van der Waals surface area contributed by atoms with E-state index in [0.29, 0.717) is 11.4 Å². The molecule has 0 aromatic heterocycles. The van der Waals surface area contributed by atoms with E-state index in [9.17, 15) is 5.11 Å². The van der Waals surface area contributed by atoms with Crippen molar-refractivity contribution in [3.63, 3.8) is 0 Å². The first-order valence-corrected chi connectivity index (χ1v) is 7.14. The van der Waals surface area contributed by atoms with Crippen LogP contribution in [-0.2, 0) is 0 Å². The largest absolute Gasteiger partial charge is 0.388 e. The molecule has 4 heteroatoms. The van der Waals surface area contributed by atoms with Crippen LogP contribution in [0, 0.1) is 0 Å². The summed E-state index contributed by atoms with van der Waals surface area (Å²) in [5.41, 5.74) is 0.825. The standard InChI is InChI=1S/C15H25ClN2O/c1-17(2)10-6-11-18(3)12-9-15(19)13-7-4-5-8-14(13)16/h4-5,7-8,15,19H,6,9-12H2,1-3H3. The maximum absolute atomic E-state index is 10.1. The second-order valence-corrected chi connectivity index (χ2v) is 5.69. The van der Waals surface area contributed by atoms with Crippen molar-refractivity contribution in [3.8, 4) is 0 Å². The fraction of sp³-hybridized carbons (Fsp3) is 0.600. The number of benzene rings is 1. The molecular formula is C15H25ClN2O. The molecule has 0 heterocycles. The molecule has 1 N–H and O–H groups in total. The van der Waals surface area contributed by atoms with Crippen LogP contribution in [0.2, 0.25) is 5.02 Å². The summed E-state index contributed by atoms with van der Waals surface area (Å²) < 4.78 is 0. The zero-order valence-electron chi connectivity index (χ0n) is 12.1. The fourth-order valence-corrected chi connectivity index (χ4v) is 2.27. The normalized spacial score (nSPS) is 13.2. The van der Waals surface area contributed by atoms with Gasteiger partial charge in [0.25, 0.3) is 0 Å². The molecule has 1 aromatic carbocycles. The van der Waals surface area contributed by atoms with E-state index in [0.717, 1.165) is 31.6 Å². The van der Waals surface area contributed by atoms with Gasteiger partial charge >= 0.3 is 0 Å². The van der Waals surface area contributed by atoms with Crippen molar-refractivity contribution in [3.05, 3.63) is 34.9 Å². The van der Waals surface area contributed by atoms with E-state index in [1.807, 2.05) is 24.3 Å². The molecule has 1 unspecified atom stereocenters. The second-order valence-electron chi connectivity index (χ2n) is 5.29. The third kappa shape index (κ3) is 6.39. The number of hydrogen-bond donors (Lipinski definition) is 1. The van der Waals surface area contributed by atoms with Crippen LogP contribution in [-0.4, -0.2) is 55.7 Å². The van der Waals surface area contributed by atoms with Crippen molar-refractivity contribution in [2.45, 2.75) is 18.9 Å². The molecular weight excluding hydrogens is 260 g/mol. The van der Waals surface area contributed by atoms with Gasteiger partial charge in [-0.25, -0.2) is 0 Å². The molecule has 1 rings (SSSR count). The van der Waals surface area contributed by atoms with Gasteiger partial charge in [0.2, 0.25) is 0 Å². The summed E-state index contributed by atoms with van der Waals surface area (Å²) in [7, 11) is 6.26. The highest BCUT2D eigenvalue weighted by atomic mass is 35.5. The zero-order valence-corrected chi connectivity index (χ0v) is 12.9. The Labute approximate surface area is 121 Å². The van der Waals surface area contributed by atoms with E-state index < -0.39 is 6.10 Å². The third-order valence-corrected chi connectivity index (χ3v) is 3.54. The van der Waals surface area contributed by atoms with Gasteiger partial charge in [0.15, 0.2) is 0 Å². The Morgan fingerprint density at radius 3 is 2.42 bits per heavy atom. The van der Waals surface area contributed by atoms with Gasteiger partial charge in [-0.15, -0.1) is 0 Å². The first-order valence-electron chi connectivity index (χ1n) is 6.76. The SMILES string of the molecule is CN(C)CCCN(C)CCC(O)c1ccccc1Cl. The second kappa shape index (κ2) is 8.54. The van der Waals surface area contributed by atoms with Crippen LogP contribution >= 0.6 is 11.6 Å². The summed E-state index contributed by atoms with van der Waals surface area (Å²) >= 11 is 6.07. The van der Waals surface area contributed by atoms with Gasteiger partial charge in [-0.3, -0.25) is 0 Å². The highest BCUT2D eigenvalue weighted by Crippen LogP contribution is 2.24. The lowest BCUT2D eigenvalue weighted by molar-refractivity contribution is 0.148. The van der Waals surface area contributed by atoms with Gasteiger partial charge in [0.05, 0.1) is 6.10 Å². The minimum atomic E-state index is -0.481.